The van der Waals surface area contributed by atoms with E-state index in [2.05, 4.69) is 20.4 Å². The molecule has 262 valence electrons. The van der Waals surface area contributed by atoms with Crippen molar-refractivity contribution in [3.63, 3.8) is 0 Å². The Kier molecular flexibility index (Phi) is 8.61. The summed E-state index contributed by atoms with van der Waals surface area (Å²) in [6, 6.07) is 5.99. The van der Waals surface area contributed by atoms with E-state index in [4.69, 9.17) is 10.5 Å². The summed E-state index contributed by atoms with van der Waals surface area (Å²) in [5.74, 6) is -4.73. The van der Waals surface area contributed by atoms with Crippen molar-refractivity contribution >= 4 is 23.3 Å². The van der Waals surface area contributed by atoms with Crippen LogP contribution in [0.2, 0.25) is 0 Å². The second kappa shape index (κ2) is 12.3. The van der Waals surface area contributed by atoms with Crippen LogP contribution in [0.3, 0.4) is 0 Å². The highest BCUT2D eigenvalue weighted by atomic mass is 19.4. The molecule has 3 atom stereocenters. The molecule has 49 heavy (non-hydrogen) atoms. The minimum atomic E-state index is -5.19. The van der Waals surface area contributed by atoms with Gasteiger partial charge in [-0.2, -0.15) is 41.4 Å². The minimum absolute atomic E-state index is 0.00926. The normalized spacial score (nSPS) is 23.3. The van der Waals surface area contributed by atoms with E-state index in [9.17, 15) is 36.2 Å². The van der Waals surface area contributed by atoms with Gasteiger partial charge in [-0.1, -0.05) is 24.3 Å². The van der Waals surface area contributed by atoms with Crippen LogP contribution >= 0.6 is 0 Å². The molecule has 1 aromatic carbocycles. The third kappa shape index (κ3) is 6.93. The molecule has 17 heteroatoms. The molecule has 6 rings (SSSR count). The first kappa shape index (κ1) is 34.2. The zero-order chi connectivity index (χ0) is 35.4. The molecule has 1 aliphatic carbocycles. The van der Waals surface area contributed by atoms with Gasteiger partial charge < -0.3 is 25.8 Å². The average Bonchev–Trinajstić information content (AvgIpc) is 3.66. The molecule has 3 aromatic rings. The van der Waals surface area contributed by atoms with Crippen LogP contribution in [0.5, 0.6) is 5.88 Å². The number of nitrogen functional groups attached to an aromatic ring is 1. The highest BCUT2D eigenvalue weighted by molar-refractivity contribution is 5.74. The maximum Gasteiger partial charge on any atom is 0.429 e. The molecular weight excluding hydrogens is 663 g/mol. The monoisotopic (exact) mass is 695 g/mol. The molecule has 3 aliphatic rings. The molecule has 0 bridgehead atoms. The topological polar surface area (TPSA) is 131 Å². The Balaban J connectivity index is 1.32. The second-order valence-corrected chi connectivity index (χ2v) is 12.7. The highest BCUT2D eigenvalue weighted by Gasteiger charge is 2.54. The number of rotatable bonds is 7. The number of carboxylic acid groups (broad SMARTS) is 1. The van der Waals surface area contributed by atoms with E-state index in [1.807, 2.05) is 0 Å². The molecule has 0 radical (unpaired) electrons. The van der Waals surface area contributed by atoms with Crippen LogP contribution < -0.4 is 20.7 Å². The first-order valence-electron chi connectivity index (χ1n) is 15.4. The zero-order valence-corrected chi connectivity index (χ0v) is 26.0. The Morgan fingerprint density at radius 2 is 1.84 bits per heavy atom. The molecule has 0 saturated carbocycles. The van der Waals surface area contributed by atoms with Crippen LogP contribution in [0.1, 0.15) is 42.5 Å². The number of nitrogens with zero attached hydrogens (tertiary/aromatic N) is 5. The number of allylic oxidation sites excluding steroid dienone is 3. The number of benzene rings is 1. The van der Waals surface area contributed by atoms with Crippen LogP contribution in [-0.2, 0) is 16.8 Å². The minimum Gasteiger partial charge on any atom is -0.480 e. The molecule has 2 saturated heterocycles. The molecule has 2 aromatic heterocycles. The Labute approximate surface area is 275 Å². The van der Waals surface area contributed by atoms with Crippen molar-refractivity contribution in [2.24, 2.45) is 5.41 Å². The predicted molar refractivity (Wildman–Crippen MR) is 163 cm³/mol. The lowest BCUT2D eigenvalue weighted by Gasteiger charge is -2.39. The number of carbonyl (C=O) groups is 1. The van der Waals surface area contributed by atoms with Crippen molar-refractivity contribution in [1.29, 1.82) is 0 Å². The molecule has 4 N–H and O–H groups in total. The zero-order valence-electron chi connectivity index (χ0n) is 26.0. The van der Waals surface area contributed by atoms with Crippen LogP contribution in [0.15, 0.2) is 60.3 Å². The number of aliphatic carboxylic acids is 1. The highest BCUT2D eigenvalue weighted by Crippen LogP contribution is 2.47. The lowest BCUT2D eigenvalue weighted by atomic mass is 9.76. The van der Waals surface area contributed by atoms with Crippen molar-refractivity contribution in [2.45, 2.75) is 62.9 Å². The number of hydrogen-bond donors (Lipinski definition) is 3. The lowest BCUT2D eigenvalue weighted by Crippen LogP contribution is -2.46. The van der Waals surface area contributed by atoms with Gasteiger partial charge in [0, 0.05) is 43.9 Å². The Morgan fingerprint density at radius 1 is 1.10 bits per heavy atom. The maximum atomic E-state index is 17.3. The largest absolute Gasteiger partial charge is 0.480 e. The summed E-state index contributed by atoms with van der Waals surface area (Å²) in [7, 11) is 0. The number of piperidine rings is 1. The maximum absolute atomic E-state index is 17.3. The van der Waals surface area contributed by atoms with E-state index in [1.165, 1.54) is 25.1 Å². The first-order valence-corrected chi connectivity index (χ1v) is 15.4. The number of ether oxygens (including phenoxy) is 1. The predicted octanol–water partition coefficient (Wildman–Crippen LogP) is 5.66. The number of hydrogen-bond acceptors (Lipinski definition) is 8. The van der Waals surface area contributed by atoms with Gasteiger partial charge >= 0.3 is 18.3 Å². The first-order chi connectivity index (χ1) is 23.0. The van der Waals surface area contributed by atoms with Crippen molar-refractivity contribution in [1.82, 2.24) is 25.1 Å². The second-order valence-electron chi connectivity index (χ2n) is 12.7. The Bertz CT molecular complexity index is 1800. The molecule has 2 aliphatic heterocycles. The Hall–Kier alpha value is -4.67. The molecule has 10 nitrogen and oxygen atoms in total. The van der Waals surface area contributed by atoms with Gasteiger partial charge in [0.2, 0.25) is 23.7 Å². The quantitative estimate of drug-likeness (QED) is 0.268. The summed E-state index contributed by atoms with van der Waals surface area (Å²) >= 11 is 0. The number of alkyl halides is 7. The third-order valence-corrected chi connectivity index (χ3v) is 9.31. The van der Waals surface area contributed by atoms with Gasteiger partial charge in [-0.05, 0) is 60.9 Å². The van der Waals surface area contributed by atoms with E-state index < -0.39 is 59.7 Å². The molecule has 1 spiro atoms. The third-order valence-electron chi connectivity index (χ3n) is 9.31. The SMILES string of the molecule is Cc1ccn(C2(F)CC(c3cccc(C(F)(F)F)c3)=CC=C2[C@@H](Oc2cc(N3CCC4(CC3)CN[C@H](C(=O)O)C4)nc(N)n2)C(F)(F)F)n1. The number of anilines is 2. The number of halogens is 7. The fraction of sp³-hybridized carbons (Fsp3) is 0.438. The molecular formula is C32H32F7N7O3. The van der Waals surface area contributed by atoms with Gasteiger partial charge in [0.05, 0.1) is 11.3 Å². The number of nitrogens with two attached hydrogens (primary N) is 1. The molecule has 4 heterocycles. The number of carboxylic acids is 1. The summed E-state index contributed by atoms with van der Waals surface area (Å²) in [5, 5.41) is 16.4. The fourth-order valence-electron chi connectivity index (χ4n) is 6.70. The summed E-state index contributed by atoms with van der Waals surface area (Å²) in [4.78, 5) is 21.2. The molecule has 0 amide bonds. The van der Waals surface area contributed by atoms with E-state index >= 15 is 4.39 Å². The van der Waals surface area contributed by atoms with Crippen molar-refractivity contribution in [2.75, 3.05) is 30.3 Å². The van der Waals surface area contributed by atoms with E-state index in [-0.39, 0.29) is 28.3 Å². The number of nitrogens with one attached hydrogen (secondary N) is 1. The van der Waals surface area contributed by atoms with Gasteiger partial charge in [0.25, 0.3) is 0 Å². The van der Waals surface area contributed by atoms with Crippen molar-refractivity contribution in [3.05, 3.63) is 77.1 Å². The van der Waals surface area contributed by atoms with Gasteiger partial charge in [-0.25, -0.2) is 9.07 Å². The van der Waals surface area contributed by atoms with E-state index in [0.717, 1.165) is 36.5 Å². The van der Waals surface area contributed by atoms with Gasteiger partial charge in [-0.3, -0.25) is 4.79 Å². The standard InChI is InChI=1S/C32H32F7N7O3/c1-18-7-10-46(44-18)30(33)15-20(19-3-2-4-21(13-19)31(34,35)36)5-6-22(30)26(32(37,38)39)49-25-14-24(42-28(40)43-25)45-11-8-29(9-12-45)16-23(27(47)48)41-17-29/h2-7,10,13-14,23,26,41H,8-9,11-12,15-17H2,1H3,(H,47,48)(H2,40,42,43)/t23-,26+,30?/m0/s1. The fourth-order valence-corrected chi connectivity index (χ4v) is 6.70. The summed E-state index contributed by atoms with van der Waals surface area (Å²) < 4.78 is 108. The molecule has 1 unspecified atom stereocenters. The van der Waals surface area contributed by atoms with Gasteiger partial charge in [-0.15, -0.1) is 0 Å². The lowest BCUT2D eigenvalue weighted by molar-refractivity contribution is -0.191. The van der Waals surface area contributed by atoms with Crippen LogP contribution in [-0.4, -0.2) is 68.8 Å². The molecule has 2 fully saturated rings. The smallest absolute Gasteiger partial charge is 0.429 e. The van der Waals surface area contributed by atoms with Crippen LogP contribution in [0, 0.1) is 12.3 Å². The summed E-state index contributed by atoms with van der Waals surface area (Å²) in [5.41, 5.74) is 4.02. The average molecular weight is 696 g/mol. The van der Waals surface area contributed by atoms with Crippen LogP contribution in [0.4, 0.5) is 42.5 Å². The van der Waals surface area contributed by atoms with Crippen molar-refractivity contribution in [3.8, 4) is 5.88 Å². The van der Waals surface area contributed by atoms with E-state index in [0.29, 0.717) is 49.3 Å². The Morgan fingerprint density at radius 3 is 2.45 bits per heavy atom. The summed E-state index contributed by atoms with van der Waals surface area (Å²) in [6.45, 7) is 2.85. The van der Waals surface area contributed by atoms with Gasteiger partial charge in [0.15, 0.2) is 0 Å². The van der Waals surface area contributed by atoms with Gasteiger partial charge in [0.1, 0.15) is 11.9 Å². The summed E-state index contributed by atoms with van der Waals surface area (Å²) in [6.07, 6.45) is -8.82. The number of aryl methyl sites for hydroxylation is 1. The number of aromatic nitrogens is 4. The van der Waals surface area contributed by atoms with Crippen molar-refractivity contribution < 1.29 is 45.4 Å². The van der Waals surface area contributed by atoms with E-state index in [1.54, 1.807) is 4.90 Å². The van der Waals surface area contributed by atoms with Crippen LogP contribution in [0.25, 0.3) is 5.57 Å².